The summed E-state index contributed by atoms with van der Waals surface area (Å²) in [5.74, 6) is 1.99. The quantitative estimate of drug-likeness (QED) is 0.696. The van der Waals surface area contributed by atoms with Crippen molar-refractivity contribution in [2.45, 2.75) is 51.2 Å². The van der Waals surface area contributed by atoms with Crippen LogP contribution < -0.4 is 10.1 Å². The second kappa shape index (κ2) is 7.94. The van der Waals surface area contributed by atoms with E-state index in [0.717, 1.165) is 36.3 Å². The molecule has 0 bridgehead atoms. The molecule has 1 atom stereocenters. The number of ether oxygens (including phenoxy) is 2. The predicted molar refractivity (Wildman–Crippen MR) is 108 cm³/mol. The Bertz CT molecular complexity index is 977. The van der Waals surface area contributed by atoms with Gasteiger partial charge in [-0.3, -0.25) is 0 Å². The van der Waals surface area contributed by atoms with Crippen LogP contribution in [0.15, 0.2) is 29.0 Å². The lowest BCUT2D eigenvalue weighted by Crippen LogP contribution is -2.26. The van der Waals surface area contributed by atoms with Crippen LogP contribution in [0.4, 0.5) is 5.95 Å². The lowest BCUT2D eigenvalue weighted by Gasteiger charge is -2.27. The lowest BCUT2D eigenvalue weighted by molar-refractivity contribution is 0.138. The van der Waals surface area contributed by atoms with Crippen LogP contribution in [-0.2, 0) is 4.74 Å². The predicted octanol–water partition coefficient (Wildman–Crippen LogP) is 3.84. The average Bonchev–Trinajstić information content (AvgIpc) is 3.41. The van der Waals surface area contributed by atoms with Gasteiger partial charge in [-0.1, -0.05) is 13.0 Å². The van der Waals surface area contributed by atoms with E-state index >= 15 is 0 Å². The Morgan fingerprint density at radius 2 is 1.93 bits per heavy atom. The minimum absolute atomic E-state index is 0.00415. The molecule has 8 nitrogen and oxygen atoms in total. The van der Waals surface area contributed by atoms with Crippen molar-refractivity contribution in [1.29, 1.82) is 0 Å². The van der Waals surface area contributed by atoms with Gasteiger partial charge in [0.2, 0.25) is 11.8 Å². The zero-order chi connectivity index (χ0) is 19.6. The second-order valence-corrected chi connectivity index (χ2v) is 8.08. The summed E-state index contributed by atoms with van der Waals surface area (Å²) < 4.78 is 16.5. The van der Waals surface area contributed by atoms with E-state index in [0.29, 0.717) is 42.1 Å². The Morgan fingerprint density at radius 1 is 1.07 bits per heavy atom. The molecule has 0 amide bonds. The van der Waals surface area contributed by atoms with Gasteiger partial charge in [-0.2, -0.15) is 4.98 Å². The average molecular weight is 395 g/mol. The van der Waals surface area contributed by atoms with Gasteiger partial charge < -0.3 is 14.8 Å². The van der Waals surface area contributed by atoms with E-state index in [9.17, 15) is 0 Å². The van der Waals surface area contributed by atoms with E-state index in [1.165, 1.54) is 12.8 Å². The van der Waals surface area contributed by atoms with E-state index in [4.69, 9.17) is 19.1 Å². The van der Waals surface area contributed by atoms with Crippen LogP contribution in [0.2, 0.25) is 0 Å². The SMILES string of the molecule is CC1CCC(Nc2ncc(-c3ccc4nonc4c3)c(OC3CCOC3)n2)CC1. The Kier molecular flexibility index (Phi) is 5.01. The third-order valence-corrected chi connectivity index (χ3v) is 5.83. The van der Waals surface area contributed by atoms with E-state index < -0.39 is 0 Å². The van der Waals surface area contributed by atoms with Gasteiger partial charge in [0, 0.05) is 18.7 Å². The third kappa shape index (κ3) is 4.03. The molecule has 8 heteroatoms. The maximum Gasteiger partial charge on any atom is 0.226 e. The van der Waals surface area contributed by atoms with Gasteiger partial charge in [-0.25, -0.2) is 9.61 Å². The van der Waals surface area contributed by atoms with E-state index in [-0.39, 0.29) is 6.10 Å². The standard InChI is InChI=1S/C21H25N5O3/c1-13-2-5-15(6-3-13)23-21-22-11-17(20(24-21)28-16-8-9-27-12-16)14-4-7-18-19(10-14)26-29-25-18/h4,7,10-11,13,15-16H,2-3,5-6,8-9,12H2,1H3,(H,22,23,24). The van der Waals surface area contributed by atoms with Crippen LogP contribution in [0, 0.1) is 5.92 Å². The number of hydrogen-bond acceptors (Lipinski definition) is 8. The zero-order valence-electron chi connectivity index (χ0n) is 16.5. The van der Waals surface area contributed by atoms with E-state index in [1.54, 1.807) is 0 Å². The van der Waals surface area contributed by atoms with Crippen molar-refractivity contribution >= 4 is 17.0 Å². The molecule has 2 aliphatic rings. The fourth-order valence-electron chi connectivity index (χ4n) is 4.02. The van der Waals surface area contributed by atoms with Crippen LogP contribution in [0.25, 0.3) is 22.2 Å². The first-order chi connectivity index (χ1) is 14.2. The highest BCUT2D eigenvalue weighted by Crippen LogP contribution is 2.32. The molecule has 2 aromatic heterocycles. The maximum atomic E-state index is 6.23. The third-order valence-electron chi connectivity index (χ3n) is 5.83. The first-order valence-corrected chi connectivity index (χ1v) is 10.4. The molecular formula is C21H25N5O3. The maximum absolute atomic E-state index is 6.23. The van der Waals surface area contributed by atoms with Crippen molar-refractivity contribution in [1.82, 2.24) is 20.3 Å². The topological polar surface area (TPSA) is 95.2 Å². The first-order valence-electron chi connectivity index (χ1n) is 10.4. The number of fused-ring (bicyclic) bond motifs is 1. The van der Waals surface area contributed by atoms with Crippen LogP contribution in [0.1, 0.15) is 39.0 Å². The number of rotatable bonds is 5. The van der Waals surface area contributed by atoms with Crippen LogP contribution in [0.5, 0.6) is 5.88 Å². The summed E-state index contributed by atoms with van der Waals surface area (Å²) in [4.78, 5) is 9.31. The number of benzene rings is 1. The van der Waals surface area contributed by atoms with Crippen molar-refractivity contribution in [2.75, 3.05) is 18.5 Å². The zero-order valence-corrected chi connectivity index (χ0v) is 16.5. The van der Waals surface area contributed by atoms with Crippen LogP contribution in [0.3, 0.4) is 0 Å². The summed E-state index contributed by atoms with van der Waals surface area (Å²) in [7, 11) is 0. The highest BCUT2D eigenvalue weighted by Gasteiger charge is 2.23. The number of hydrogen-bond donors (Lipinski definition) is 1. The van der Waals surface area contributed by atoms with Gasteiger partial charge in [-0.05, 0) is 59.6 Å². The summed E-state index contributed by atoms with van der Waals surface area (Å²) in [6.45, 7) is 3.62. The highest BCUT2D eigenvalue weighted by atomic mass is 16.6. The summed E-state index contributed by atoms with van der Waals surface area (Å²) in [6, 6.07) is 6.16. The number of aromatic nitrogens is 4. The van der Waals surface area contributed by atoms with Crippen molar-refractivity contribution < 1.29 is 14.1 Å². The van der Waals surface area contributed by atoms with Crippen molar-refractivity contribution in [3.05, 3.63) is 24.4 Å². The molecular weight excluding hydrogens is 370 g/mol. The summed E-state index contributed by atoms with van der Waals surface area (Å²) in [6.07, 6.45) is 7.46. The monoisotopic (exact) mass is 395 g/mol. The molecule has 1 aliphatic heterocycles. The van der Waals surface area contributed by atoms with Crippen LogP contribution >= 0.6 is 0 Å². The lowest BCUT2D eigenvalue weighted by atomic mass is 9.87. The normalized spacial score (nSPS) is 24.7. The molecule has 1 aliphatic carbocycles. The minimum atomic E-state index is 0.00415. The summed E-state index contributed by atoms with van der Waals surface area (Å²) >= 11 is 0. The molecule has 1 aromatic carbocycles. The molecule has 152 valence electrons. The fraction of sp³-hybridized carbons (Fsp3) is 0.524. The molecule has 1 unspecified atom stereocenters. The number of nitrogens with one attached hydrogen (secondary N) is 1. The van der Waals surface area contributed by atoms with Gasteiger partial charge in [0.15, 0.2) is 0 Å². The Balaban J connectivity index is 1.44. The highest BCUT2D eigenvalue weighted by molar-refractivity contribution is 5.81. The summed E-state index contributed by atoms with van der Waals surface area (Å²) in [5.41, 5.74) is 3.15. The van der Waals surface area contributed by atoms with Crippen molar-refractivity contribution in [2.24, 2.45) is 5.92 Å². The minimum Gasteiger partial charge on any atom is -0.471 e. The molecule has 2 fully saturated rings. The van der Waals surface area contributed by atoms with Gasteiger partial charge in [0.25, 0.3) is 0 Å². The summed E-state index contributed by atoms with van der Waals surface area (Å²) in [5, 5.41) is 11.3. The molecule has 29 heavy (non-hydrogen) atoms. The molecule has 3 aromatic rings. The first kappa shape index (κ1) is 18.3. The van der Waals surface area contributed by atoms with E-state index in [2.05, 4.69) is 27.5 Å². The van der Waals surface area contributed by atoms with Crippen LogP contribution in [-0.4, -0.2) is 45.6 Å². The number of anilines is 1. The second-order valence-electron chi connectivity index (χ2n) is 8.08. The number of nitrogens with zero attached hydrogens (tertiary/aromatic N) is 4. The fourth-order valence-corrected chi connectivity index (χ4v) is 4.02. The van der Waals surface area contributed by atoms with Crippen molar-refractivity contribution in [3.63, 3.8) is 0 Å². The molecule has 1 saturated heterocycles. The molecule has 3 heterocycles. The van der Waals surface area contributed by atoms with Gasteiger partial charge in [0.05, 0.1) is 18.8 Å². The molecule has 1 saturated carbocycles. The largest absolute Gasteiger partial charge is 0.471 e. The Morgan fingerprint density at radius 3 is 2.76 bits per heavy atom. The molecule has 0 spiro atoms. The molecule has 0 radical (unpaired) electrons. The molecule has 5 rings (SSSR count). The van der Waals surface area contributed by atoms with Crippen molar-refractivity contribution in [3.8, 4) is 17.0 Å². The smallest absolute Gasteiger partial charge is 0.226 e. The van der Waals surface area contributed by atoms with Gasteiger partial charge >= 0.3 is 0 Å². The molecule has 1 N–H and O–H groups in total. The Labute approximate surface area is 169 Å². The van der Waals surface area contributed by atoms with Gasteiger partial charge in [-0.15, -0.1) is 0 Å². The Hall–Kier alpha value is -2.74. The van der Waals surface area contributed by atoms with Gasteiger partial charge in [0.1, 0.15) is 17.1 Å². The van der Waals surface area contributed by atoms with E-state index in [1.807, 2.05) is 24.4 Å².